The van der Waals surface area contributed by atoms with Crippen molar-refractivity contribution in [1.82, 2.24) is 15.0 Å². The Kier molecular flexibility index (Phi) is 8.42. The van der Waals surface area contributed by atoms with Gasteiger partial charge in [-0.15, -0.1) is 0 Å². The zero-order chi connectivity index (χ0) is 28.7. The smallest absolute Gasteiger partial charge is 0.250 e. The van der Waals surface area contributed by atoms with Crippen molar-refractivity contribution in [1.29, 1.82) is 0 Å². The van der Waals surface area contributed by atoms with Crippen molar-refractivity contribution in [2.75, 3.05) is 28.7 Å². The SMILES string of the molecule is Cc1ccc(Nc2nc(NN=Cc3ccc(-c4cccc(Cl)c4)o3)nc(N3CCC(Cc4ccccc4)CC3)n2)cc1. The first-order valence-corrected chi connectivity index (χ1v) is 14.5. The maximum atomic E-state index is 6.13. The van der Waals surface area contributed by atoms with Gasteiger partial charge in [0.05, 0.1) is 6.21 Å². The van der Waals surface area contributed by atoms with Crippen LogP contribution in [0, 0.1) is 12.8 Å². The van der Waals surface area contributed by atoms with Gasteiger partial charge in [-0.05, 0) is 74.1 Å². The molecule has 1 saturated heterocycles. The lowest BCUT2D eigenvalue weighted by molar-refractivity contribution is 0.400. The molecule has 0 radical (unpaired) electrons. The van der Waals surface area contributed by atoms with E-state index in [-0.39, 0.29) is 0 Å². The van der Waals surface area contributed by atoms with Crippen molar-refractivity contribution < 1.29 is 4.42 Å². The van der Waals surface area contributed by atoms with Gasteiger partial charge < -0.3 is 14.6 Å². The van der Waals surface area contributed by atoms with E-state index in [1.165, 1.54) is 11.1 Å². The molecule has 42 heavy (non-hydrogen) atoms. The van der Waals surface area contributed by atoms with Crippen molar-refractivity contribution in [3.05, 3.63) is 113 Å². The number of hydrogen-bond donors (Lipinski definition) is 2. The van der Waals surface area contributed by atoms with Crippen molar-refractivity contribution in [2.24, 2.45) is 11.0 Å². The van der Waals surface area contributed by atoms with Crippen LogP contribution in [0.4, 0.5) is 23.5 Å². The summed E-state index contributed by atoms with van der Waals surface area (Å²) in [5.41, 5.74) is 7.34. The molecule has 6 rings (SSSR count). The minimum Gasteiger partial charge on any atom is -0.455 e. The van der Waals surface area contributed by atoms with Crippen LogP contribution in [0.3, 0.4) is 0 Å². The Bertz CT molecular complexity index is 1650. The standard InChI is InChI=1S/C33H32ClN7O/c1-23-10-12-28(13-11-23)36-31-37-32(40-35-22-29-14-15-30(42-29)26-8-5-9-27(34)21-26)39-33(38-31)41-18-16-25(17-19-41)20-24-6-3-2-4-7-24/h2-15,21-22,25H,16-20H2,1H3,(H2,36,37,38,39,40). The molecule has 0 bridgehead atoms. The minimum atomic E-state index is 0.346. The Morgan fingerprint density at radius 3 is 2.48 bits per heavy atom. The van der Waals surface area contributed by atoms with Gasteiger partial charge >= 0.3 is 0 Å². The van der Waals surface area contributed by atoms with E-state index in [4.69, 9.17) is 26.0 Å². The second-order valence-electron chi connectivity index (χ2n) is 10.5. The number of hydrogen-bond acceptors (Lipinski definition) is 8. The number of furan rings is 1. The van der Waals surface area contributed by atoms with Gasteiger partial charge in [-0.1, -0.05) is 71.8 Å². The number of benzene rings is 3. The molecule has 0 amide bonds. The van der Waals surface area contributed by atoms with Crippen LogP contribution in [0.1, 0.15) is 29.7 Å². The molecule has 2 N–H and O–H groups in total. The summed E-state index contributed by atoms with van der Waals surface area (Å²) in [4.78, 5) is 16.3. The first-order valence-electron chi connectivity index (χ1n) is 14.1. The summed E-state index contributed by atoms with van der Waals surface area (Å²) in [6.07, 6.45) is 4.85. The van der Waals surface area contributed by atoms with Crippen LogP contribution >= 0.6 is 11.6 Å². The molecule has 1 aliphatic rings. The lowest BCUT2D eigenvalue weighted by Gasteiger charge is -2.32. The van der Waals surface area contributed by atoms with E-state index in [9.17, 15) is 0 Å². The highest BCUT2D eigenvalue weighted by Gasteiger charge is 2.22. The molecular weight excluding hydrogens is 546 g/mol. The Labute approximate surface area is 250 Å². The number of aryl methyl sites for hydroxylation is 1. The molecular formula is C33H32ClN7O. The predicted molar refractivity (Wildman–Crippen MR) is 170 cm³/mol. The van der Waals surface area contributed by atoms with Crippen molar-refractivity contribution in [3.8, 4) is 11.3 Å². The molecule has 3 aromatic carbocycles. The van der Waals surface area contributed by atoms with Gasteiger partial charge in [0.25, 0.3) is 0 Å². The van der Waals surface area contributed by atoms with Crippen molar-refractivity contribution in [2.45, 2.75) is 26.2 Å². The van der Waals surface area contributed by atoms with E-state index in [0.717, 1.165) is 43.6 Å². The zero-order valence-electron chi connectivity index (χ0n) is 23.4. The molecule has 1 aliphatic heterocycles. The summed E-state index contributed by atoms with van der Waals surface area (Å²) >= 11 is 6.13. The third-order valence-electron chi connectivity index (χ3n) is 7.29. The summed E-state index contributed by atoms with van der Waals surface area (Å²) in [7, 11) is 0. The predicted octanol–water partition coefficient (Wildman–Crippen LogP) is 7.74. The quantitative estimate of drug-likeness (QED) is 0.137. The fraction of sp³-hybridized carbons (Fsp3) is 0.212. The second kappa shape index (κ2) is 12.9. The maximum Gasteiger partial charge on any atom is 0.250 e. The van der Waals surface area contributed by atoms with E-state index >= 15 is 0 Å². The number of nitrogens with zero attached hydrogens (tertiary/aromatic N) is 5. The highest BCUT2D eigenvalue weighted by Crippen LogP contribution is 2.27. The molecule has 212 valence electrons. The molecule has 0 aliphatic carbocycles. The molecule has 8 nitrogen and oxygen atoms in total. The second-order valence-corrected chi connectivity index (χ2v) is 10.9. The van der Waals surface area contributed by atoms with Crippen LogP contribution < -0.4 is 15.6 Å². The maximum absolute atomic E-state index is 6.13. The summed E-state index contributed by atoms with van der Waals surface area (Å²) < 4.78 is 5.92. The van der Waals surface area contributed by atoms with Crippen LogP contribution in [0.5, 0.6) is 0 Å². The van der Waals surface area contributed by atoms with Gasteiger partial charge in [-0.25, -0.2) is 5.43 Å². The van der Waals surface area contributed by atoms with Crippen LogP contribution in [0.2, 0.25) is 5.02 Å². The fourth-order valence-electron chi connectivity index (χ4n) is 5.04. The first kappa shape index (κ1) is 27.5. The molecule has 0 spiro atoms. The van der Waals surface area contributed by atoms with Crippen LogP contribution in [-0.4, -0.2) is 34.3 Å². The van der Waals surface area contributed by atoms with E-state index < -0.39 is 0 Å². The van der Waals surface area contributed by atoms with E-state index in [1.54, 1.807) is 6.21 Å². The third kappa shape index (κ3) is 7.14. The van der Waals surface area contributed by atoms with Gasteiger partial charge in [0.15, 0.2) is 0 Å². The van der Waals surface area contributed by atoms with Gasteiger partial charge in [-0.2, -0.15) is 20.1 Å². The minimum absolute atomic E-state index is 0.346. The number of anilines is 4. The molecule has 0 atom stereocenters. The number of rotatable bonds is 9. The van der Waals surface area contributed by atoms with Gasteiger partial charge in [0.1, 0.15) is 11.5 Å². The van der Waals surface area contributed by atoms with Crippen molar-refractivity contribution in [3.63, 3.8) is 0 Å². The van der Waals surface area contributed by atoms with Crippen LogP contribution in [0.15, 0.2) is 101 Å². The normalized spacial score (nSPS) is 13.9. The van der Waals surface area contributed by atoms with E-state index in [0.29, 0.717) is 40.3 Å². The average molecular weight is 578 g/mol. The highest BCUT2D eigenvalue weighted by molar-refractivity contribution is 6.30. The summed E-state index contributed by atoms with van der Waals surface area (Å²) in [5, 5.41) is 8.32. The van der Waals surface area contributed by atoms with Gasteiger partial charge in [0, 0.05) is 29.4 Å². The molecule has 0 unspecified atom stereocenters. The van der Waals surface area contributed by atoms with E-state index in [1.807, 2.05) is 60.7 Å². The number of nitrogens with one attached hydrogen (secondary N) is 2. The largest absolute Gasteiger partial charge is 0.455 e. The molecule has 1 fully saturated rings. The number of piperidine rings is 1. The van der Waals surface area contributed by atoms with E-state index in [2.05, 4.69) is 63.0 Å². The highest BCUT2D eigenvalue weighted by atomic mass is 35.5. The molecule has 5 aromatic rings. The monoisotopic (exact) mass is 577 g/mol. The average Bonchev–Trinajstić information content (AvgIpc) is 3.48. The van der Waals surface area contributed by atoms with Gasteiger partial charge in [-0.3, -0.25) is 0 Å². The lowest BCUT2D eigenvalue weighted by Crippen LogP contribution is -2.35. The third-order valence-corrected chi connectivity index (χ3v) is 7.52. The Balaban J connectivity index is 1.17. The molecule has 3 heterocycles. The molecule has 2 aromatic heterocycles. The first-order chi connectivity index (χ1) is 20.6. The van der Waals surface area contributed by atoms with Gasteiger partial charge in [0.2, 0.25) is 17.8 Å². The fourth-order valence-corrected chi connectivity index (χ4v) is 5.23. The number of hydrazone groups is 1. The van der Waals surface area contributed by atoms with Crippen LogP contribution in [-0.2, 0) is 6.42 Å². The Morgan fingerprint density at radius 2 is 1.69 bits per heavy atom. The summed E-state index contributed by atoms with van der Waals surface area (Å²) in [6.45, 7) is 3.82. The topological polar surface area (TPSA) is 91.5 Å². The van der Waals surface area contributed by atoms with Crippen LogP contribution in [0.25, 0.3) is 11.3 Å². The Morgan fingerprint density at radius 1 is 0.905 bits per heavy atom. The molecule has 9 heteroatoms. The summed E-state index contributed by atoms with van der Waals surface area (Å²) in [5.74, 6) is 3.36. The zero-order valence-corrected chi connectivity index (χ0v) is 24.1. The molecule has 0 saturated carbocycles. The lowest BCUT2D eigenvalue weighted by atomic mass is 9.90. The Hall–Kier alpha value is -4.69. The van der Waals surface area contributed by atoms with Crippen molar-refractivity contribution >= 4 is 41.3 Å². The summed E-state index contributed by atoms with van der Waals surface area (Å²) in [6, 6.07) is 30.1. The number of aromatic nitrogens is 3. The number of halogens is 1.